The second kappa shape index (κ2) is 7.41. The van der Waals surface area contributed by atoms with Crippen LogP contribution in [0.2, 0.25) is 10.0 Å². The van der Waals surface area contributed by atoms with Crippen molar-refractivity contribution in [2.45, 2.75) is 18.9 Å². The molecule has 9 heteroatoms. The van der Waals surface area contributed by atoms with Crippen LogP contribution in [-0.4, -0.2) is 46.6 Å². The minimum Gasteiger partial charge on any atom is -0.319 e. The number of urea groups is 1. The van der Waals surface area contributed by atoms with E-state index in [9.17, 15) is 19.2 Å². The molecule has 1 saturated heterocycles. The quantitative estimate of drug-likeness (QED) is 0.563. The van der Waals surface area contributed by atoms with Crippen molar-refractivity contribution in [1.82, 2.24) is 15.1 Å². The summed E-state index contributed by atoms with van der Waals surface area (Å²) >= 11 is 12.2. The van der Waals surface area contributed by atoms with Gasteiger partial charge in [-0.15, -0.1) is 0 Å². The minimum absolute atomic E-state index is 0.0544. The van der Waals surface area contributed by atoms with Crippen molar-refractivity contribution in [3.8, 4) is 0 Å². The highest BCUT2D eigenvalue weighted by atomic mass is 35.5. The van der Waals surface area contributed by atoms with Crippen LogP contribution in [0.4, 0.5) is 4.79 Å². The van der Waals surface area contributed by atoms with Crippen molar-refractivity contribution in [1.29, 1.82) is 0 Å². The van der Waals surface area contributed by atoms with Gasteiger partial charge in [-0.1, -0.05) is 41.4 Å². The molecule has 154 valence electrons. The van der Waals surface area contributed by atoms with Crippen LogP contribution in [0, 0.1) is 0 Å². The van der Waals surface area contributed by atoms with Crippen LogP contribution >= 0.6 is 23.2 Å². The molecular weight excluding hydrogens is 429 g/mol. The first-order valence-electron chi connectivity index (χ1n) is 9.29. The fourth-order valence-corrected chi connectivity index (χ4v) is 4.40. The van der Waals surface area contributed by atoms with Gasteiger partial charge in [-0.25, -0.2) is 4.79 Å². The minimum atomic E-state index is -1.33. The highest BCUT2D eigenvalue weighted by Crippen LogP contribution is 2.35. The first kappa shape index (κ1) is 20.4. The molecule has 2 aromatic rings. The molecular formula is C21H17Cl2N3O4. The molecule has 2 aromatic carbocycles. The van der Waals surface area contributed by atoms with Gasteiger partial charge in [0.25, 0.3) is 17.7 Å². The third kappa shape index (κ3) is 3.14. The summed E-state index contributed by atoms with van der Waals surface area (Å²) < 4.78 is 0. The van der Waals surface area contributed by atoms with Crippen LogP contribution in [-0.2, 0) is 10.3 Å². The Morgan fingerprint density at radius 3 is 2.10 bits per heavy atom. The molecule has 0 radical (unpaired) electrons. The van der Waals surface area contributed by atoms with E-state index < -0.39 is 17.5 Å². The van der Waals surface area contributed by atoms with Gasteiger partial charge >= 0.3 is 6.03 Å². The largest absolute Gasteiger partial charge is 0.325 e. The van der Waals surface area contributed by atoms with E-state index in [0.717, 1.165) is 9.80 Å². The Balaban J connectivity index is 1.45. The maximum atomic E-state index is 13.0. The monoisotopic (exact) mass is 445 g/mol. The summed E-state index contributed by atoms with van der Waals surface area (Å²) in [5.41, 5.74) is -0.159. The summed E-state index contributed by atoms with van der Waals surface area (Å²) in [4.78, 5) is 52.6. The predicted octanol–water partition coefficient (Wildman–Crippen LogP) is 3.45. The van der Waals surface area contributed by atoms with E-state index >= 15 is 0 Å². The number of halogens is 2. The highest BCUT2D eigenvalue weighted by Gasteiger charge is 2.49. The van der Waals surface area contributed by atoms with Crippen LogP contribution in [0.5, 0.6) is 0 Å². The molecule has 0 saturated carbocycles. The van der Waals surface area contributed by atoms with Crippen molar-refractivity contribution in [2.75, 3.05) is 13.1 Å². The number of imide groups is 2. The first-order valence-corrected chi connectivity index (χ1v) is 10.0. The molecule has 1 atom stereocenters. The van der Waals surface area contributed by atoms with Gasteiger partial charge in [0.2, 0.25) is 0 Å². The Morgan fingerprint density at radius 1 is 0.900 bits per heavy atom. The lowest BCUT2D eigenvalue weighted by molar-refractivity contribution is -0.131. The molecule has 0 bridgehead atoms. The first-order chi connectivity index (χ1) is 14.2. The van der Waals surface area contributed by atoms with E-state index in [0.29, 0.717) is 21.7 Å². The Hall–Kier alpha value is -2.90. The number of carbonyl (C=O) groups excluding carboxylic acids is 4. The highest BCUT2D eigenvalue weighted by molar-refractivity contribution is 6.35. The SMILES string of the molecule is C[C@@]1(c2ccc(Cl)cc2Cl)NC(=O)N(CCCN2C(=O)c3ccccc3C2=O)C1=O. The zero-order chi connectivity index (χ0) is 21.6. The lowest BCUT2D eigenvalue weighted by Gasteiger charge is -2.23. The average molecular weight is 446 g/mol. The smallest absolute Gasteiger partial charge is 0.319 e. The number of benzene rings is 2. The van der Waals surface area contributed by atoms with E-state index in [1.807, 2.05) is 0 Å². The second-order valence-corrected chi connectivity index (χ2v) is 8.14. The fraction of sp³-hybridized carbons (Fsp3) is 0.238. The van der Waals surface area contributed by atoms with E-state index in [4.69, 9.17) is 23.2 Å². The maximum Gasteiger partial charge on any atom is 0.325 e. The number of fused-ring (bicyclic) bond motifs is 1. The van der Waals surface area contributed by atoms with Crippen LogP contribution in [0.1, 0.15) is 39.6 Å². The van der Waals surface area contributed by atoms with Crippen molar-refractivity contribution >= 4 is 47.0 Å². The Kier molecular flexibility index (Phi) is 5.03. The molecule has 0 spiro atoms. The summed E-state index contributed by atoms with van der Waals surface area (Å²) in [6, 6.07) is 10.8. The van der Waals surface area contributed by atoms with E-state index in [1.54, 1.807) is 43.3 Å². The summed E-state index contributed by atoms with van der Waals surface area (Å²) in [7, 11) is 0. The van der Waals surface area contributed by atoms with E-state index in [-0.39, 0.29) is 36.3 Å². The molecule has 1 fully saturated rings. The lowest BCUT2D eigenvalue weighted by atomic mass is 9.92. The molecule has 30 heavy (non-hydrogen) atoms. The van der Waals surface area contributed by atoms with Crippen LogP contribution in [0.3, 0.4) is 0 Å². The number of amides is 5. The van der Waals surface area contributed by atoms with Crippen LogP contribution in [0.15, 0.2) is 42.5 Å². The standard InChI is InChI=1S/C21H17Cl2N3O4/c1-21(15-8-7-12(22)11-16(15)23)19(29)26(20(30)24-21)10-4-9-25-17(27)13-5-2-3-6-14(13)18(25)28/h2-3,5-8,11H,4,9-10H2,1H3,(H,24,30)/t21-/m0/s1. The van der Waals surface area contributed by atoms with Gasteiger partial charge in [0, 0.05) is 28.7 Å². The number of carbonyl (C=O) groups is 4. The number of nitrogens with one attached hydrogen (secondary N) is 1. The number of hydrogen-bond donors (Lipinski definition) is 1. The summed E-state index contributed by atoms with van der Waals surface area (Å²) in [6.45, 7) is 1.73. The number of nitrogens with zero attached hydrogens (tertiary/aromatic N) is 2. The average Bonchev–Trinajstić information content (AvgIpc) is 3.07. The molecule has 2 heterocycles. The van der Waals surface area contributed by atoms with Crippen LogP contribution in [0.25, 0.3) is 0 Å². The summed E-state index contributed by atoms with van der Waals surface area (Å²) in [5, 5.41) is 3.37. The van der Waals surface area contributed by atoms with Crippen molar-refractivity contribution in [3.05, 3.63) is 69.2 Å². The maximum absolute atomic E-state index is 13.0. The van der Waals surface area contributed by atoms with Gasteiger partial charge in [0.1, 0.15) is 5.54 Å². The number of hydrogen-bond acceptors (Lipinski definition) is 4. The molecule has 0 aliphatic carbocycles. The van der Waals surface area contributed by atoms with E-state index in [2.05, 4.69) is 5.32 Å². The molecule has 2 aliphatic rings. The molecule has 7 nitrogen and oxygen atoms in total. The third-order valence-corrected chi connectivity index (χ3v) is 5.93. The predicted molar refractivity (Wildman–Crippen MR) is 110 cm³/mol. The van der Waals surface area contributed by atoms with Gasteiger partial charge in [-0.2, -0.15) is 0 Å². The molecule has 1 N–H and O–H groups in total. The van der Waals surface area contributed by atoms with Crippen molar-refractivity contribution in [3.63, 3.8) is 0 Å². The topological polar surface area (TPSA) is 86.8 Å². The molecule has 2 aliphatic heterocycles. The zero-order valence-electron chi connectivity index (χ0n) is 15.9. The third-order valence-electron chi connectivity index (χ3n) is 5.39. The van der Waals surface area contributed by atoms with Gasteiger partial charge in [0.15, 0.2) is 0 Å². The molecule has 5 amide bonds. The zero-order valence-corrected chi connectivity index (χ0v) is 17.5. The Labute approximate surface area is 182 Å². The molecule has 0 aromatic heterocycles. The van der Waals surface area contributed by atoms with E-state index in [1.165, 1.54) is 6.07 Å². The summed E-state index contributed by atoms with van der Waals surface area (Å²) in [6.07, 6.45) is 0.259. The lowest BCUT2D eigenvalue weighted by Crippen LogP contribution is -2.41. The van der Waals surface area contributed by atoms with Gasteiger partial charge in [0.05, 0.1) is 11.1 Å². The second-order valence-electron chi connectivity index (χ2n) is 7.30. The van der Waals surface area contributed by atoms with Crippen molar-refractivity contribution in [2.24, 2.45) is 0 Å². The number of rotatable bonds is 5. The molecule has 4 rings (SSSR count). The molecule has 0 unspecified atom stereocenters. The van der Waals surface area contributed by atoms with Gasteiger partial charge < -0.3 is 5.32 Å². The van der Waals surface area contributed by atoms with Gasteiger partial charge in [-0.3, -0.25) is 24.2 Å². The Bertz CT molecular complexity index is 1070. The van der Waals surface area contributed by atoms with Crippen molar-refractivity contribution < 1.29 is 19.2 Å². The van der Waals surface area contributed by atoms with Gasteiger partial charge in [-0.05, 0) is 37.6 Å². The summed E-state index contributed by atoms with van der Waals surface area (Å²) in [5.74, 6) is -1.20. The fourth-order valence-electron chi connectivity index (χ4n) is 3.81. The normalized spacial score (nSPS) is 20.8. The van der Waals surface area contributed by atoms with Crippen LogP contribution < -0.4 is 5.32 Å². The Morgan fingerprint density at radius 2 is 1.50 bits per heavy atom.